The van der Waals surface area contributed by atoms with Gasteiger partial charge >= 0.3 is 11.9 Å². The number of carboxylic acid groups (broad SMARTS) is 2. The van der Waals surface area contributed by atoms with Gasteiger partial charge in [0.05, 0.1) is 0 Å². The second kappa shape index (κ2) is 6.55. The smallest absolute Gasteiger partial charge is 0.341 e. The minimum absolute atomic E-state index is 0.0166. The number of aliphatic carboxylic acids is 1. The summed E-state index contributed by atoms with van der Waals surface area (Å²) in [7, 11) is 0. The van der Waals surface area contributed by atoms with Crippen LogP contribution in [0.3, 0.4) is 0 Å². The Bertz CT molecular complexity index is 536. The van der Waals surface area contributed by atoms with E-state index in [2.05, 4.69) is 0 Å². The van der Waals surface area contributed by atoms with Crippen molar-refractivity contribution in [2.75, 3.05) is 6.61 Å². The Hall–Kier alpha value is -2.57. The highest BCUT2D eigenvalue weighted by Crippen LogP contribution is 2.25. The van der Waals surface area contributed by atoms with E-state index in [1.165, 1.54) is 26.0 Å². The van der Waals surface area contributed by atoms with Gasteiger partial charge in [0.2, 0.25) is 0 Å². The summed E-state index contributed by atoms with van der Waals surface area (Å²) >= 11 is 0. The van der Waals surface area contributed by atoms with E-state index in [4.69, 9.17) is 19.7 Å². The minimum Gasteiger partial charge on any atom is -0.482 e. The third kappa shape index (κ3) is 4.27. The van der Waals surface area contributed by atoms with Crippen molar-refractivity contribution in [2.24, 2.45) is 0 Å². The summed E-state index contributed by atoms with van der Waals surface area (Å²) in [4.78, 5) is 32.6. The lowest BCUT2D eigenvalue weighted by Crippen LogP contribution is -2.22. The minimum atomic E-state index is -1.27. The molecular formula is C13H14O7. The van der Waals surface area contributed by atoms with Crippen LogP contribution in [0.2, 0.25) is 0 Å². The molecule has 0 spiro atoms. The van der Waals surface area contributed by atoms with E-state index < -0.39 is 24.6 Å². The molecule has 1 aromatic rings. The van der Waals surface area contributed by atoms with Crippen molar-refractivity contribution in [3.05, 3.63) is 23.8 Å². The number of ketones is 1. The fourth-order valence-electron chi connectivity index (χ4n) is 1.29. The van der Waals surface area contributed by atoms with Crippen molar-refractivity contribution in [2.45, 2.75) is 20.0 Å². The van der Waals surface area contributed by atoms with E-state index in [-0.39, 0.29) is 22.8 Å². The molecule has 0 radical (unpaired) electrons. The van der Waals surface area contributed by atoms with Crippen molar-refractivity contribution in [1.29, 1.82) is 0 Å². The SMILES string of the molecule is CC(=O)C(C)Oc1ccc(OCC(=O)O)cc1C(=O)O. The number of hydrogen-bond donors (Lipinski definition) is 2. The van der Waals surface area contributed by atoms with Gasteiger partial charge in [0.25, 0.3) is 0 Å². The van der Waals surface area contributed by atoms with Gasteiger partial charge in [-0.25, -0.2) is 9.59 Å². The molecule has 0 saturated heterocycles. The second-order valence-corrected chi connectivity index (χ2v) is 4.02. The van der Waals surface area contributed by atoms with Gasteiger partial charge in [0.15, 0.2) is 18.5 Å². The Morgan fingerprint density at radius 3 is 2.40 bits per heavy atom. The average Bonchev–Trinajstić information content (AvgIpc) is 2.36. The van der Waals surface area contributed by atoms with Crippen LogP contribution in [0.25, 0.3) is 0 Å². The number of rotatable bonds is 7. The fourth-order valence-corrected chi connectivity index (χ4v) is 1.29. The Morgan fingerprint density at radius 1 is 1.25 bits per heavy atom. The number of carbonyl (C=O) groups excluding carboxylic acids is 1. The normalized spacial score (nSPS) is 11.5. The molecule has 0 aliphatic heterocycles. The number of aromatic carboxylic acids is 1. The van der Waals surface area contributed by atoms with E-state index in [1.807, 2.05) is 0 Å². The molecule has 0 heterocycles. The molecule has 1 atom stereocenters. The van der Waals surface area contributed by atoms with Gasteiger partial charge in [0, 0.05) is 0 Å². The van der Waals surface area contributed by atoms with E-state index in [0.717, 1.165) is 6.07 Å². The maximum absolute atomic E-state index is 11.1. The molecule has 0 bridgehead atoms. The predicted octanol–water partition coefficient (Wildman–Crippen LogP) is 1.20. The molecule has 1 unspecified atom stereocenters. The average molecular weight is 282 g/mol. The first-order valence-electron chi connectivity index (χ1n) is 5.70. The highest BCUT2D eigenvalue weighted by Gasteiger charge is 2.17. The summed E-state index contributed by atoms with van der Waals surface area (Å²) in [6.07, 6.45) is -0.779. The zero-order valence-corrected chi connectivity index (χ0v) is 11.0. The van der Waals surface area contributed by atoms with Crippen LogP contribution in [0, 0.1) is 0 Å². The third-order valence-corrected chi connectivity index (χ3v) is 2.42. The summed E-state index contributed by atoms with van der Waals surface area (Å²) in [5, 5.41) is 17.6. The van der Waals surface area contributed by atoms with Gasteiger partial charge in [-0.1, -0.05) is 0 Å². The maximum Gasteiger partial charge on any atom is 0.341 e. The van der Waals surface area contributed by atoms with Gasteiger partial charge in [0.1, 0.15) is 17.1 Å². The van der Waals surface area contributed by atoms with E-state index >= 15 is 0 Å². The Morgan fingerprint density at radius 2 is 1.90 bits per heavy atom. The number of carbonyl (C=O) groups is 3. The van der Waals surface area contributed by atoms with Crippen molar-refractivity contribution >= 4 is 17.7 Å². The summed E-state index contributed by atoms with van der Waals surface area (Å²) in [5.74, 6) is -2.58. The molecule has 20 heavy (non-hydrogen) atoms. The summed E-state index contributed by atoms with van der Waals surface area (Å²) in [6, 6.07) is 3.84. The topological polar surface area (TPSA) is 110 Å². The zero-order valence-electron chi connectivity index (χ0n) is 11.0. The molecule has 0 aromatic heterocycles. The van der Waals surface area contributed by atoms with Crippen molar-refractivity contribution in [3.8, 4) is 11.5 Å². The van der Waals surface area contributed by atoms with Gasteiger partial charge in [-0.05, 0) is 32.0 Å². The van der Waals surface area contributed by atoms with Crippen LogP contribution < -0.4 is 9.47 Å². The molecule has 1 rings (SSSR count). The first-order valence-corrected chi connectivity index (χ1v) is 5.70. The van der Waals surface area contributed by atoms with Crippen molar-refractivity contribution in [3.63, 3.8) is 0 Å². The molecule has 0 aliphatic rings. The lowest BCUT2D eigenvalue weighted by Gasteiger charge is -2.14. The van der Waals surface area contributed by atoms with Crippen molar-refractivity contribution < 1.29 is 34.1 Å². The number of benzene rings is 1. The Balaban J connectivity index is 2.98. The van der Waals surface area contributed by atoms with Gasteiger partial charge in [-0.3, -0.25) is 4.79 Å². The number of hydrogen-bond acceptors (Lipinski definition) is 5. The van der Waals surface area contributed by atoms with Crippen LogP contribution in [0.15, 0.2) is 18.2 Å². The lowest BCUT2D eigenvalue weighted by atomic mass is 10.2. The molecule has 7 heteroatoms. The van der Waals surface area contributed by atoms with Crippen LogP contribution in [0.5, 0.6) is 11.5 Å². The second-order valence-electron chi connectivity index (χ2n) is 4.02. The van der Waals surface area contributed by atoms with Gasteiger partial charge in [-0.15, -0.1) is 0 Å². The van der Waals surface area contributed by atoms with E-state index in [1.54, 1.807) is 0 Å². The number of Topliss-reactive ketones (excluding diaryl/α,β-unsaturated/α-hetero) is 1. The van der Waals surface area contributed by atoms with Crippen LogP contribution >= 0.6 is 0 Å². The van der Waals surface area contributed by atoms with Gasteiger partial charge < -0.3 is 19.7 Å². The molecule has 0 amide bonds. The van der Waals surface area contributed by atoms with Gasteiger partial charge in [-0.2, -0.15) is 0 Å². The number of ether oxygens (including phenoxy) is 2. The highest BCUT2D eigenvalue weighted by atomic mass is 16.5. The van der Waals surface area contributed by atoms with Crippen LogP contribution in [0.1, 0.15) is 24.2 Å². The third-order valence-electron chi connectivity index (χ3n) is 2.42. The highest BCUT2D eigenvalue weighted by molar-refractivity contribution is 5.91. The Kier molecular flexibility index (Phi) is 5.08. The maximum atomic E-state index is 11.1. The first-order chi connectivity index (χ1) is 9.31. The molecule has 0 saturated carbocycles. The quantitative estimate of drug-likeness (QED) is 0.773. The fraction of sp³-hybridized carbons (Fsp3) is 0.308. The van der Waals surface area contributed by atoms with Crippen LogP contribution in [0.4, 0.5) is 0 Å². The first kappa shape index (κ1) is 15.5. The molecule has 108 valence electrons. The van der Waals surface area contributed by atoms with Crippen molar-refractivity contribution in [1.82, 2.24) is 0 Å². The standard InChI is InChI=1S/C13H14O7/c1-7(14)8(2)20-11-4-3-9(19-6-12(15)16)5-10(11)13(17)18/h3-5,8H,6H2,1-2H3,(H,15,16)(H,17,18). The zero-order chi connectivity index (χ0) is 15.3. The Labute approximate surface area is 114 Å². The molecule has 0 fully saturated rings. The molecule has 7 nitrogen and oxygen atoms in total. The van der Waals surface area contributed by atoms with E-state index in [9.17, 15) is 14.4 Å². The largest absolute Gasteiger partial charge is 0.482 e. The molecule has 1 aromatic carbocycles. The summed E-state index contributed by atoms with van der Waals surface area (Å²) in [5.41, 5.74) is -0.207. The van der Waals surface area contributed by atoms with Crippen LogP contribution in [-0.4, -0.2) is 40.6 Å². The predicted molar refractivity (Wildman–Crippen MR) is 67.3 cm³/mol. The molecular weight excluding hydrogens is 268 g/mol. The monoisotopic (exact) mass is 282 g/mol. The summed E-state index contributed by atoms with van der Waals surface area (Å²) in [6.45, 7) is 2.25. The lowest BCUT2D eigenvalue weighted by molar-refractivity contribution is -0.139. The summed E-state index contributed by atoms with van der Waals surface area (Å²) < 4.78 is 10.1. The number of carboxylic acids is 2. The van der Waals surface area contributed by atoms with E-state index in [0.29, 0.717) is 0 Å². The molecule has 0 aliphatic carbocycles. The molecule has 2 N–H and O–H groups in total. The van der Waals surface area contributed by atoms with Crippen LogP contribution in [-0.2, 0) is 9.59 Å².